The Bertz CT molecular complexity index is 1200. The van der Waals surface area contributed by atoms with Crippen LogP contribution in [-0.4, -0.2) is 17.7 Å². The minimum atomic E-state index is -0.0345. The molecule has 0 spiro atoms. The van der Waals surface area contributed by atoms with Gasteiger partial charge in [-0.05, 0) is 49.2 Å². The van der Waals surface area contributed by atoms with Crippen molar-refractivity contribution in [2.24, 2.45) is 4.99 Å². The molecule has 0 saturated heterocycles. The second-order valence-electron chi connectivity index (χ2n) is 7.82. The predicted molar refractivity (Wildman–Crippen MR) is 128 cm³/mol. The van der Waals surface area contributed by atoms with E-state index in [1.54, 1.807) is 17.8 Å². The first-order valence-corrected chi connectivity index (χ1v) is 11.9. The fraction of sp³-hybridized carbons (Fsp3) is 0.200. The number of halogens is 2. The van der Waals surface area contributed by atoms with Crippen molar-refractivity contribution in [3.63, 3.8) is 0 Å². The standard InChI is InChI=1S/C25H20Cl2N2OS/c26-19-11-9-15(13-20(19)27)24-18-7-3-4-8-22(18)31-23-12-10-16(14-21(23)29-24)25(30)28-17-5-1-2-6-17/h3-4,7-14,17H,1-2,5-6H2,(H,28,30). The molecular weight excluding hydrogens is 447 g/mol. The number of amides is 1. The summed E-state index contributed by atoms with van der Waals surface area (Å²) in [6.07, 6.45) is 4.48. The molecule has 1 N–H and O–H groups in total. The molecule has 156 valence electrons. The quantitative estimate of drug-likeness (QED) is 0.344. The monoisotopic (exact) mass is 466 g/mol. The van der Waals surface area contributed by atoms with Crippen molar-refractivity contribution in [2.75, 3.05) is 0 Å². The summed E-state index contributed by atoms with van der Waals surface area (Å²) < 4.78 is 0. The molecule has 0 unspecified atom stereocenters. The number of hydrogen-bond acceptors (Lipinski definition) is 3. The summed E-state index contributed by atoms with van der Waals surface area (Å²) in [5, 5.41) is 4.16. The summed E-state index contributed by atoms with van der Waals surface area (Å²) in [7, 11) is 0. The van der Waals surface area contributed by atoms with Crippen LogP contribution >= 0.6 is 35.0 Å². The van der Waals surface area contributed by atoms with Crippen molar-refractivity contribution < 1.29 is 4.79 Å². The van der Waals surface area contributed by atoms with Crippen LogP contribution in [0.3, 0.4) is 0 Å². The fourth-order valence-corrected chi connectivity index (χ4v) is 5.39. The highest BCUT2D eigenvalue weighted by Crippen LogP contribution is 2.42. The lowest BCUT2D eigenvalue weighted by Crippen LogP contribution is -2.32. The number of fused-ring (bicyclic) bond motifs is 2. The van der Waals surface area contributed by atoms with Crippen LogP contribution in [0.25, 0.3) is 0 Å². The average molecular weight is 467 g/mol. The van der Waals surface area contributed by atoms with Gasteiger partial charge in [0.15, 0.2) is 0 Å². The zero-order chi connectivity index (χ0) is 21.4. The molecular formula is C25H20Cl2N2OS. The molecule has 1 fully saturated rings. The number of benzene rings is 3. The van der Waals surface area contributed by atoms with Crippen LogP contribution in [0.5, 0.6) is 0 Å². The van der Waals surface area contributed by atoms with Crippen LogP contribution in [0, 0.1) is 0 Å². The van der Waals surface area contributed by atoms with Gasteiger partial charge in [-0.25, -0.2) is 4.99 Å². The Hall–Kier alpha value is -2.27. The zero-order valence-electron chi connectivity index (χ0n) is 16.7. The third kappa shape index (κ3) is 4.25. The van der Waals surface area contributed by atoms with E-state index in [2.05, 4.69) is 17.4 Å². The van der Waals surface area contributed by atoms with E-state index in [1.165, 1.54) is 12.8 Å². The lowest BCUT2D eigenvalue weighted by Gasteiger charge is -2.13. The number of carbonyl (C=O) groups excluding carboxylic acids is 1. The van der Waals surface area contributed by atoms with E-state index in [-0.39, 0.29) is 11.9 Å². The molecule has 0 atom stereocenters. The van der Waals surface area contributed by atoms with E-state index in [0.717, 1.165) is 45.2 Å². The Morgan fingerprint density at radius 1 is 0.935 bits per heavy atom. The number of nitrogens with one attached hydrogen (secondary N) is 1. The maximum absolute atomic E-state index is 12.8. The molecule has 3 aromatic carbocycles. The number of nitrogens with zero attached hydrogens (tertiary/aromatic N) is 1. The smallest absolute Gasteiger partial charge is 0.251 e. The molecule has 0 radical (unpaired) electrons. The third-order valence-electron chi connectivity index (χ3n) is 5.70. The Kier molecular flexibility index (Phi) is 5.79. The second-order valence-corrected chi connectivity index (χ2v) is 9.72. The van der Waals surface area contributed by atoms with Gasteiger partial charge in [0.05, 0.1) is 21.4 Å². The SMILES string of the molecule is O=C(NC1CCCC1)c1ccc2c(c1)N=C(c1ccc(Cl)c(Cl)c1)c1ccccc1S2. The summed E-state index contributed by atoms with van der Waals surface area (Å²) in [5.41, 5.74) is 4.14. The molecule has 3 nitrogen and oxygen atoms in total. The molecule has 1 aliphatic heterocycles. The average Bonchev–Trinajstić information content (AvgIpc) is 3.22. The number of aliphatic imine (C=N–C) groups is 1. The summed E-state index contributed by atoms with van der Waals surface area (Å²) in [5.74, 6) is -0.0345. The third-order valence-corrected chi connectivity index (χ3v) is 7.58. The van der Waals surface area contributed by atoms with E-state index in [0.29, 0.717) is 15.6 Å². The van der Waals surface area contributed by atoms with Crippen molar-refractivity contribution in [3.05, 3.63) is 87.4 Å². The Labute approximate surface area is 195 Å². The van der Waals surface area contributed by atoms with Crippen molar-refractivity contribution in [3.8, 4) is 0 Å². The molecule has 1 saturated carbocycles. The summed E-state index contributed by atoms with van der Waals surface area (Å²) in [6.45, 7) is 0. The van der Waals surface area contributed by atoms with Crippen molar-refractivity contribution in [1.29, 1.82) is 0 Å². The lowest BCUT2D eigenvalue weighted by atomic mass is 10.0. The first kappa shape index (κ1) is 20.6. The van der Waals surface area contributed by atoms with Gasteiger partial charge in [-0.3, -0.25) is 4.79 Å². The molecule has 31 heavy (non-hydrogen) atoms. The molecule has 0 aromatic heterocycles. The summed E-state index contributed by atoms with van der Waals surface area (Å²) in [4.78, 5) is 20.0. The van der Waals surface area contributed by atoms with Gasteiger partial charge in [-0.1, -0.05) is 72.1 Å². The molecule has 0 bridgehead atoms. The van der Waals surface area contributed by atoms with Gasteiger partial charge in [0, 0.05) is 32.5 Å². The fourth-order valence-electron chi connectivity index (χ4n) is 4.09. The summed E-state index contributed by atoms with van der Waals surface area (Å²) in [6, 6.07) is 19.8. The molecule has 1 amide bonds. The van der Waals surface area contributed by atoms with E-state index in [9.17, 15) is 4.79 Å². The Morgan fingerprint density at radius 3 is 2.55 bits per heavy atom. The number of carbonyl (C=O) groups is 1. The number of hydrogen-bond donors (Lipinski definition) is 1. The van der Waals surface area contributed by atoms with Crippen LogP contribution < -0.4 is 5.32 Å². The van der Waals surface area contributed by atoms with Crippen LogP contribution in [0.4, 0.5) is 5.69 Å². The number of rotatable bonds is 3. The van der Waals surface area contributed by atoms with E-state index in [4.69, 9.17) is 28.2 Å². The van der Waals surface area contributed by atoms with E-state index >= 15 is 0 Å². The predicted octanol–water partition coefficient (Wildman–Crippen LogP) is 7.30. The minimum Gasteiger partial charge on any atom is -0.349 e. The Balaban J connectivity index is 1.58. The molecule has 5 rings (SSSR count). The lowest BCUT2D eigenvalue weighted by molar-refractivity contribution is 0.0938. The summed E-state index contributed by atoms with van der Waals surface area (Å²) >= 11 is 14.1. The van der Waals surface area contributed by atoms with Crippen LogP contribution in [-0.2, 0) is 0 Å². The maximum atomic E-state index is 12.8. The van der Waals surface area contributed by atoms with Crippen LogP contribution in [0.2, 0.25) is 10.0 Å². The highest BCUT2D eigenvalue weighted by molar-refractivity contribution is 7.99. The van der Waals surface area contributed by atoms with Gasteiger partial charge in [0.1, 0.15) is 0 Å². The van der Waals surface area contributed by atoms with Gasteiger partial charge in [0.2, 0.25) is 0 Å². The van der Waals surface area contributed by atoms with Gasteiger partial charge >= 0.3 is 0 Å². The largest absolute Gasteiger partial charge is 0.349 e. The molecule has 1 aliphatic carbocycles. The normalized spacial score (nSPS) is 15.6. The molecule has 1 heterocycles. The molecule has 3 aromatic rings. The highest BCUT2D eigenvalue weighted by atomic mass is 35.5. The van der Waals surface area contributed by atoms with Gasteiger partial charge in [-0.15, -0.1) is 0 Å². The van der Waals surface area contributed by atoms with Gasteiger partial charge < -0.3 is 5.32 Å². The van der Waals surface area contributed by atoms with Crippen molar-refractivity contribution >= 4 is 52.3 Å². The van der Waals surface area contributed by atoms with Gasteiger partial charge in [0.25, 0.3) is 5.91 Å². The second kappa shape index (κ2) is 8.70. The van der Waals surface area contributed by atoms with Crippen LogP contribution in [0.15, 0.2) is 75.4 Å². The molecule has 6 heteroatoms. The molecule has 2 aliphatic rings. The Morgan fingerprint density at radius 2 is 1.74 bits per heavy atom. The van der Waals surface area contributed by atoms with E-state index < -0.39 is 0 Å². The highest BCUT2D eigenvalue weighted by Gasteiger charge is 2.22. The first-order chi connectivity index (χ1) is 15.1. The van der Waals surface area contributed by atoms with Gasteiger partial charge in [-0.2, -0.15) is 0 Å². The van der Waals surface area contributed by atoms with Crippen molar-refractivity contribution in [1.82, 2.24) is 5.32 Å². The topological polar surface area (TPSA) is 41.5 Å². The van der Waals surface area contributed by atoms with E-state index in [1.807, 2.05) is 42.5 Å². The minimum absolute atomic E-state index is 0.0345. The first-order valence-electron chi connectivity index (χ1n) is 10.3. The van der Waals surface area contributed by atoms with Crippen LogP contribution in [0.1, 0.15) is 47.2 Å². The maximum Gasteiger partial charge on any atom is 0.251 e. The zero-order valence-corrected chi connectivity index (χ0v) is 19.0. The van der Waals surface area contributed by atoms with Crippen molar-refractivity contribution in [2.45, 2.75) is 41.5 Å².